The van der Waals surface area contributed by atoms with Gasteiger partial charge in [0.15, 0.2) is 0 Å². The fourth-order valence-electron chi connectivity index (χ4n) is 3.12. The number of carbonyl (C=O) groups is 1. The second kappa shape index (κ2) is 7.20. The van der Waals surface area contributed by atoms with Crippen LogP contribution >= 0.6 is 0 Å². The maximum absolute atomic E-state index is 11.2. The Morgan fingerprint density at radius 3 is 2.80 bits per heavy atom. The number of hydrogen-bond acceptors (Lipinski definition) is 6. The summed E-state index contributed by atoms with van der Waals surface area (Å²) in [7, 11) is 0. The molecular weight excluding hydrogens is 315 g/mol. The molecule has 25 heavy (non-hydrogen) atoms. The Morgan fingerprint density at radius 2 is 2.12 bits per heavy atom. The third-order valence-corrected chi connectivity index (χ3v) is 4.62. The first-order chi connectivity index (χ1) is 11.6. The summed E-state index contributed by atoms with van der Waals surface area (Å²) in [6.07, 6.45) is 7.69. The van der Waals surface area contributed by atoms with Gasteiger partial charge < -0.3 is 24.1 Å². The van der Waals surface area contributed by atoms with Crippen LogP contribution in [-0.2, 0) is 4.74 Å². The summed E-state index contributed by atoms with van der Waals surface area (Å²) >= 11 is 0. The number of aromatic carboxylic acids is 1. The molecule has 1 saturated heterocycles. The van der Waals surface area contributed by atoms with Crippen molar-refractivity contribution in [3.8, 4) is 5.69 Å². The van der Waals surface area contributed by atoms with E-state index in [0.717, 1.165) is 23.6 Å². The molecule has 0 N–H and O–H groups in total. The molecule has 1 aliphatic carbocycles. The predicted octanol–water partition coefficient (Wildman–Crippen LogP) is -2.26. The molecule has 8 heteroatoms. The van der Waals surface area contributed by atoms with Crippen molar-refractivity contribution in [1.82, 2.24) is 14.5 Å². The molecule has 4 rings (SSSR count). The topological polar surface area (TPSA) is 83.3 Å². The number of morpholine rings is 1. The molecule has 2 aromatic rings. The Kier molecular flexibility index (Phi) is 5.18. The van der Waals surface area contributed by atoms with Crippen LogP contribution in [0.5, 0.6) is 0 Å². The summed E-state index contributed by atoms with van der Waals surface area (Å²) in [5.41, 5.74) is 2.63. The van der Waals surface area contributed by atoms with Crippen LogP contribution in [0.25, 0.3) is 5.69 Å². The molecule has 0 aromatic carbocycles. The normalized spacial score (nSPS) is 20.2. The third kappa shape index (κ3) is 3.59. The molecule has 0 unspecified atom stereocenters. The zero-order valence-corrected chi connectivity index (χ0v) is 14.5. The van der Waals surface area contributed by atoms with E-state index in [1.807, 2.05) is 10.8 Å². The van der Waals surface area contributed by atoms with Crippen molar-refractivity contribution in [3.05, 3.63) is 36.2 Å². The van der Waals surface area contributed by atoms with Crippen molar-refractivity contribution in [2.45, 2.75) is 31.7 Å². The standard InChI is InChI=1S/C17H20N4O3.Li/c1-11-9-24-5-4-21(11)16-7-18-13(17(22)23)6-15(16)20-8-14(19-10-20)12-2-3-12;/h6-8,10-12H,2-5,9H2,1H3,(H,22,23);/q;+1/p-1/t11-;/m0./s1. The van der Waals surface area contributed by atoms with Crippen LogP contribution in [0, 0.1) is 0 Å². The SMILES string of the molecule is C[C@H]1COCCN1c1cnc(C(=O)[O-])cc1-n1cnc(C2CC2)c1.[Li+]. The van der Waals surface area contributed by atoms with Crippen molar-refractivity contribution < 1.29 is 33.5 Å². The number of anilines is 1. The van der Waals surface area contributed by atoms with E-state index in [4.69, 9.17) is 4.74 Å². The number of imidazole rings is 1. The van der Waals surface area contributed by atoms with Gasteiger partial charge in [0.1, 0.15) is 0 Å². The van der Waals surface area contributed by atoms with Gasteiger partial charge in [0.2, 0.25) is 0 Å². The van der Waals surface area contributed by atoms with E-state index >= 15 is 0 Å². The molecule has 1 saturated carbocycles. The van der Waals surface area contributed by atoms with Crippen LogP contribution in [0.1, 0.15) is 41.9 Å². The van der Waals surface area contributed by atoms with Gasteiger partial charge in [0.25, 0.3) is 0 Å². The van der Waals surface area contributed by atoms with E-state index in [9.17, 15) is 9.90 Å². The van der Waals surface area contributed by atoms with Gasteiger partial charge in [0.05, 0.1) is 54.5 Å². The van der Waals surface area contributed by atoms with Crippen LogP contribution in [0.15, 0.2) is 24.8 Å². The minimum absolute atomic E-state index is 0. The van der Waals surface area contributed by atoms with Crippen LogP contribution in [0.4, 0.5) is 5.69 Å². The van der Waals surface area contributed by atoms with E-state index in [0.29, 0.717) is 19.1 Å². The Hall–Kier alpha value is -1.81. The smallest absolute Gasteiger partial charge is 0.543 e. The van der Waals surface area contributed by atoms with Gasteiger partial charge in [-0.15, -0.1) is 0 Å². The largest absolute Gasteiger partial charge is 1.00 e. The van der Waals surface area contributed by atoms with Crippen LogP contribution in [0.3, 0.4) is 0 Å². The molecule has 2 fully saturated rings. The molecule has 7 nitrogen and oxygen atoms in total. The Labute approximate surface area is 158 Å². The fourth-order valence-corrected chi connectivity index (χ4v) is 3.12. The van der Waals surface area contributed by atoms with Gasteiger partial charge in [-0.05, 0) is 25.8 Å². The minimum atomic E-state index is -1.28. The van der Waals surface area contributed by atoms with E-state index in [2.05, 4.69) is 21.8 Å². The Balaban J connectivity index is 0.00000182. The number of rotatable bonds is 4. The Morgan fingerprint density at radius 1 is 1.32 bits per heavy atom. The van der Waals surface area contributed by atoms with Gasteiger partial charge in [-0.3, -0.25) is 4.98 Å². The number of carboxylic acids is 1. The van der Waals surface area contributed by atoms with Crippen molar-refractivity contribution in [2.24, 2.45) is 0 Å². The summed E-state index contributed by atoms with van der Waals surface area (Å²) in [6, 6.07) is 1.75. The Bertz CT molecular complexity index is 775. The number of pyridine rings is 1. The molecule has 0 spiro atoms. The first-order valence-corrected chi connectivity index (χ1v) is 8.23. The van der Waals surface area contributed by atoms with E-state index in [1.54, 1.807) is 18.6 Å². The molecular formula is C17H19LiN4O3. The average molecular weight is 334 g/mol. The molecule has 0 radical (unpaired) electrons. The predicted molar refractivity (Wildman–Crippen MR) is 85.3 cm³/mol. The monoisotopic (exact) mass is 334 g/mol. The summed E-state index contributed by atoms with van der Waals surface area (Å²) in [5, 5.41) is 11.2. The van der Waals surface area contributed by atoms with Crippen molar-refractivity contribution in [3.63, 3.8) is 0 Å². The molecule has 1 atom stereocenters. The zero-order valence-electron chi connectivity index (χ0n) is 14.5. The van der Waals surface area contributed by atoms with E-state index in [-0.39, 0.29) is 30.6 Å². The molecule has 126 valence electrons. The summed E-state index contributed by atoms with van der Waals surface area (Å²) < 4.78 is 7.39. The van der Waals surface area contributed by atoms with Crippen molar-refractivity contribution in [2.75, 3.05) is 24.7 Å². The minimum Gasteiger partial charge on any atom is -0.543 e. The van der Waals surface area contributed by atoms with Crippen molar-refractivity contribution >= 4 is 11.7 Å². The van der Waals surface area contributed by atoms with Gasteiger partial charge in [0, 0.05) is 24.7 Å². The van der Waals surface area contributed by atoms with Gasteiger partial charge >= 0.3 is 18.9 Å². The second-order valence-electron chi connectivity index (χ2n) is 6.44. The molecule has 0 amide bonds. The number of hydrogen-bond donors (Lipinski definition) is 0. The van der Waals surface area contributed by atoms with Gasteiger partial charge in [-0.25, -0.2) is 4.98 Å². The average Bonchev–Trinajstić information content (AvgIpc) is 3.32. The first-order valence-electron chi connectivity index (χ1n) is 8.23. The maximum atomic E-state index is 11.2. The quantitative estimate of drug-likeness (QED) is 0.587. The summed E-state index contributed by atoms with van der Waals surface area (Å²) in [4.78, 5) is 21.9. The van der Waals surface area contributed by atoms with E-state index < -0.39 is 5.97 Å². The maximum Gasteiger partial charge on any atom is 1.00 e. The molecule has 1 aliphatic heterocycles. The second-order valence-corrected chi connectivity index (χ2v) is 6.44. The molecule has 3 heterocycles. The summed E-state index contributed by atoms with van der Waals surface area (Å²) in [5.74, 6) is -0.736. The number of carboxylic acid groups (broad SMARTS) is 1. The number of nitrogens with zero attached hydrogens (tertiary/aromatic N) is 4. The van der Waals surface area contributed by atoms with Gasteiger partial charge in [-0.1, -0.05) is 0 Å². The number of aromatic nitrogens is 3. The van der Waals surface area contributed by atoms with Crippen LogP contribution in [-0.4, -0.2) is 46.3 Å². The molecule has 2 aliphatic rings. The van der Waals surface area contributed by atoms with Gasteiger partial charge in [-0.2, -0.15) is 0 Å². The van der Waals surface area contributed by atoms with E-state index in [1.165, 1.54) is 12.8 Å². The molecule has 2 aromatic heterocycles. The van der Waals surface area contributed by atoms with Crippen molar-refractivity contribution in [1.29, 1.82) is 0 Å². The first kappa shape index (κ1) is 18.0. The fraction of sp³-hybridized carbons (Fsp3) is 0.471. The number of ether oxygens (including phenoxy) is 1. The third-order valence-electron chi connectivity index (χ3n) is 4.62. The summed E-state index contributed by atoms with van der Waals surface area (Å²) in [6.45, 7) is 4.10. The molecule has 0 bridgehead atoms. The number of carbonyl (C=O) groups excluding carboxylic acids is 1. The van der Waals surface area contributed by atoms with Crippen LogP contribution in [0.2, 0.25) is 0 Å². The van der Waals surface area contributed by atoms with Crippen LogP contribution < -0.4 is 28.9 Å². The zero-order chi connectivity index (χ0) is 16.7.